The topological polar surface area (TPSA) is 71.1 Å². The van der Waals surface area contributed by atoms with Gasteiger partial charge < -0.3 is 10.6 Å². The predicted molar refractivity (Wildman–Crippen MR) is 154 cm³/mol. The Balaban J connectivity index is 1.27. The minimum Gasteiger partial charge on any atom is -0.323 e. The summed E-state index contributed by atoms with van der Waals surface area (Å²) in [7, 11) is 0. The number of thioether (sulfide) groups is 1. The normalized spacial score (nSPS) is 11.9. The van der Waals surface area contributed by atoms with Crippen LogP contribution < -0.4 is 10.6 Å². The Bertz CT molecular complexity index is 1500. The van der Waals surface area contributed by atoms with E-state index in [-0.39, 0.29) is 11.8 Å². The Morgan fingerprint density at radius 3 is 2.19 bits per heavy atom. The summed E-state index contributed by atoms with van der Waals surface area (Å²) in [5.41, 5.74) is 3.40. The number of para-hydroxylation sites is 1. The van der Waals surface area contributed by atoms with Crippen molar-refractivity contribution in [3.05, 3.63) is 126 Å². The van der Waals surface area contributed by atoms with Gasteiger partial charge in [-0.3, -0.25) is 9.59 Å². The molecule has 1 atom stereocenters. The van der Waals surface area contributed by atoms with E-state index < -0.39 is 5.25 Å². The lowest BCUT2D eigenvalue weighted by Crippen LogP contribution is -2.18. The van der Waals surface area contributed by atoms with Crippen LogP contribution in [-0.4, -0.2) is 16.8 Å². The summed E-state index contributed by atoms with van der Waals surface area (Å²) in [5.74, 6) is -0.347. The Hall–Kier alpha value is -4.20. The van der Waals surface area contributed by atoms with Gasteiger partial charge in [-0.2, -0.15) is 0 Å². The predicted octanol–water partition coefficient (Wildman–Crippen LogP) is 7.42. The molecule has 2 amide bonds. The molecule has 37 heavy (non-hydrogen) atoms. The van der Waals surface area contributed by atoms with Crippen LogP contribution in [0.1, 0.15) is 16.4 Å². The number of carbonyl (C=O) groups excluding carboxylic acids is 2. The van der Waals surface area contributed by atoms with Crippen molar-refractivity contribution >= 4 is 62.0 Å². The maximum atomic E-state index is 13.4. The zero-order chi connectivity index (χ0) is 25.5. The molecule has 0 bridgehead atoms. The van der Waals surface area contributed by atoms with Crippen molar-refractivity contribution in [2.45, 2.75) is 10.1 Å². The molecule has 0 aliphatic heterocycles. The van der Waals surface area contributed by atoms with E-state index in [1.807, 2.05) is 109 Å². The molecule has 5 rings (SSSR count). The number of aromatic nitrogens is 1. The lowest BCUT2D eigenvalue weighted by molar-refractivity contribution is -0.116. The average molecular weight is 522 g/mol. The first kappa shape index (κ1) is 24.5. The standard InChI is InChI=1S/C30H23N3O2S2/c34-27(20-15-21-9-3-1-4-10-21)31-23-16-18-24(19-17-23)36-28(22-11-5-2-6-12-22)29(35)33-30-32-25-13-7-8-14-26(25)37-30/h1-20,28H,(H,31,34)(H,32,33,35)/b20-15+. The smallest absolute Gasteiger partial charge is 0.248 e. The van der Waals surface area contributed by atoms with E-state index in [1.54, 1.807) is 6.08 Å². The Morgan fingerprint density at radius 2 is 1.46 bits per heavy atom. The van der Waals surface area contributed by atoms with E-state index in [0.717, 1.165) is 26.2 Å². The zero-order valence-corrected chi connectivity index (χ0v) is 21.3. The van der Waals surface area contributed by atoms with Crippen molar-refractivity contribution in [2.75, 3.05) is 10.6 Å². The lowest BCUT2D eigenvalue weighted by atomic mass is 10.1. The molecule has 0 saturated carbocycles. The Kier molecular flexibility index (Phi) is 7.74. The number of thiazole rings is 1. The molecule has 2 N–H and O–H groups in total. The summed E-state index contributed by atoms with van der Waals surface area (Å²) in [4.78, 5) is 31.1. The Labute approximate surface area is 223 Å². The van der Waals surface area contributed by atoms with Crippen LogP contribution in [0.2, 0.25) is 0 Å². The quantitative estimate of drug-likeness (QED) is 0.165. The van der Waals surface area contributed by atoms with E-state index in [1.165, 1.54) is 29.2 Å². The summed E-state index contributed by atoms with van der Waals surface area (Å²) in [5, 5.41) is 5.98. The average Bonchev–Trinajstić information content (AvgIpc) is 3.35. The number of hydrogen-bond acceptors (Lipinski definition) is 5. The molecular formula is C30H23N3O2S2. The van der Waals surface area contributed by atoms with Gasteiger partial charge in [-0.1, -0.05) is 84.1 Å². The first-order valence-electron chi connectivity index (χ1n) is 11.7. The second-order valence-corrected chi connectivity index (χ2v) is 10.4. The molecule has 0 fully saturated rings. The van der Waals surface area contributed by atoms with E-state index in [4.69, 9.17) is 0 Å². The molecule has 7 heteroatoms. The lowest BCUT2D eigenvalue weighted by Gasteiger charge is -2.16. The first-order chi connectivity index (χ1) is 18.1. The number of carbonyl (C=O) groups is 2. The number of hydrogen-bond donors (Lipinski definition) is 2. The third-order valence-corrected chi connectivity index (χ3v) is 7.69. The first-order valence-corrected chi connectivity index (χ1v) is 13.4. The number of nitrogens with zero attached hydrogens (tertiary/aromatic N) is 1. The van der Waals surface area contributed by atoms with Gasteiger partial charge in [0, 0.05) is 16.7 Å². The second kappa shape index (κ2) is 11.7. The maximum Gasteiger partial charge on any atom is 0.248 e. The maximum absolute atomic E-state index is 13.4. The summed E-state index contributed by atoms with van der Waals surface area (Å²) in [6, 6.07) is 34.6. The molecule has 1 aromatic heterocycles. The van der Waals surface area contributed by atoms with Crippen molar-refractivity contribution in [1.29, 1.82) is 0 Å². The molecular weight excluding hydrogens is 498 g/mol. The number of fused-ring (bicyclic) bond motifs is 1. The van der Waals surface area contributed by atoms with Crippen LogP contribution in [0.5, 0.6) is 0 Å². The van der Waals surface area contributed by atoms with Crippen molar-refractivity contribution in [3.8, 4) is 0 Å². The molecule has 0 aliphatic rings. The van der Waals surface area contributed by atoms with E-state index >= 15 is 0 Å². The number of anilines is 2. The fourth-order valence-corrected chi connectivity index (χ4v) is 5.56. The van der Waals surface area contributed by atoms with Crippen LogP contribution in [0.25, 0.3) is 16.3 Å². The van der Waals surface area contributed by atoms with Gasteiger partial charge in [0.25, 0.3) is 0 Å². The molecule has 5 aromatic rings. The summed E-state index contributed by atoms with van der Waals surface area (Å²) >= 11 is 2.91. The van der Waals surface area contributed by atoms with Gasteiger partial charge in [-0.15, -0.1) is 11.8 Å². The van der Waals surface area contributed by atoms with E-state index in [0.29, 0.717) is 10.8 Å². The van der Waals surface area contributed by atoms with Gasteiger partial charge in [0.05, 0.1) is 10.2 Å². The highest BCUT2D eigenvalue weighted by Gasteiger charge is 2.23. The van der Waals surface area contributed by atoms with Crippen LogP contribution >= 0.6 is 23.1 Å². The summed E-state index contributed by atoms with van der Waals surface area (Å²) < 4.78 is 1.03. The van der Waals surface area contributed by atoms with Gasteiger partial charge in [-0.05, 0) is 53.6 Å². The molecule has 0 spiro atoms. The van der Waals surface area contributed by atoms with Crippen LogP contribution in [0.15, 0.2) is 120 Å². The highest BCUT2D eigenvalue weighted by atomic mass is 32.2. The molecule has 0 saturated heterocycles. The number of rotatable bonds is 8. The van der Waals surface area contributed by atoms with Crippen LogP contribution in [-0.2, 0) is 9.59 Å². The van der Waals surface area contributed by atoms with Crippen LogP contribution in [0, 0.1) is 0 Å². The van der Waals surface area contributed by atoms with Crippen molar-refractivity contribution in [1.82, 2.24) is 4.98 Å². The van der Waals surface area contributed by atoms with Gasteiger partial charge in [0.1, 0.15) is 5.25 Å². The number of nitrogens with one attached hydrogen (secondary N) is 2. The molecule has 1 unspecified atom stereocenters. The fraction of sp³-hybridized carbons (Fsp3) is 0.0333. The number of amides is 2. The molecule has 182 valence electrons. The van der Waals surface area contributed by atoms with Gasteiger partial charge in [-0.25, -0.2) is 4.98 Å². The van der Waals surface area contributed by atoms with E-state index in [2.05, 4.69) is 15.6 Å². The molecule has 5 nitrogen and oxygen atoms in total. The summed E-state index contributed by atoms with van der Waals surface area (Å²) in [6.45, 7) is 0. The Morgan fingerprint density at radius 1 is 0.784 bits per heavy atom. The largest absolute Gasteiger partial charge is 0.323 e. The molecule has 4 aromatic carbocycles. The van der Waals surface area contributed by atoms with Gasteiger partial charge >= 0.3 is 0 Å². The highest BCUT2D eigenvalue weighted by Crippen LogP contribution is 2.37. The molecule has 0 radical (unpaired) electrons. The molecule has 1 heterocycles. The monoisotopic (exact) mass is 521 g/mol. The van der Waals surface area contributed by atoms with E-state index in [9.17, 15) is 9.59 Å². The molecule has 0 aliphatic carbocycles. The van der Waals surface area contributed by atoms with Gasteiger partial charge in [0.15, 0.2) is 5.13 Å². The van der Waals surface area contributed by atoms with Crippen LogP contribution in [0.4, 0.5) is 10.8 Å². The zero-order valence-electron chi connectivity index (χ0n) is 19.7. The minimum absolute atomic E-state index is 0.140. The highest BCUT2D eigenvalue weighted by molar-refractivity contribution is 8.00. The van der Waals surface area contributed by atoms with Crippen molar-refractivity contribution < 1.29 is 9.59 Å². The van der Waals surface area contributed by atoms with Crippen molar-refractivity contribution in [2.24, 2.45) is 0 Å². The van der Waals surface area contributed by atoms with Crippen LogP contribution in [0.3, 0.4) is 0 Å². The summed E-state index contributed by atoms with van der Waals surface area (Å²) in [6.07, 6.45) is 3.28. The van der Waals surface area contributed by atoms with Gasteiger partial charge in [0.2, 0.25) is 11.8 Å². The van der Waals surface area contributed by atoms with Crippen molar-refractivity contribution in [3.63, 3.8) is 0 Å². The third kappa shape index (κ3) is 6.52. The second-order valence-electron chi connectivity index (χ2n) is 8.14. The SMILES string of the molecule is O=C(/C=C/c1ccccc1)Nc1ccc(SC(C(=O)Nc2nc3ccccc3s2)c2ccccc2)cc1. The minimum atomic E-state index is -0.470. The number of benzene rings is 4. The fourth-order valence-electron chi connectivity index (χ4n) is 3.67. The third-order valence-electron chi connectivity index (χ3n) is 5.47.